The summed E-state index contributed by atoms with van der Waals surface area (Å²) in [5, 5.41) is 0. The van der Waals surface area contributed by atoms with E-state index in [-0.39, 0.29) is 0 Å². The molecular weight excluding hydrogens is 204 g/mol. The standard InChI is InChI=1S/C8H6N2O3S/c11-5-6-2-1-3-7(4-6)8-9-13-14(12)10-8/h1-5H,(H,9,10). The van der Waals surface area contributed by atoms with Crippen molar-refractivity contribution in [2.45, 2.75) is 0 Å². The number of aldehydes is 1. The van der Waals surface area contributed by atoms with Gasteiger partial charge in [-0.25, -0.2) is 9.69 Å². The lowest BCUT2D eigenvalue weighted by atomic mass is 10.1. The number of carbonyl (C=O) groups excluding carboxylic acids is 1. The van der Waals surface area contributed by atoms with Crippen LogP contribution in [-0.2, 0) is 15.6 Å². The maximum atomic E-state index is 10.8. The Labute approximate surface area is 82.5 Å². The molecule has 6 heteroatoms. The molecule has 0 saturated heterocycles. The zero-order valence-electron chi connectivity index (χ0n) is 6.97. The Morgan fingerprint density at radius 3 is 3.00 bits per heavy atom. The minimum absolute atomic E-state index is 0.368. The second-order valence-electron chi connectivity index (χ2n) is 2.59. The van der Waals surface area contributed by atoms with E-state index in [1.165, 1.54) is 0 Å². The van der Waals surface area contributed by atoms with Gasteiger partial charge < -0.3 is 0 Å². The van der Waals surface area contributed by atoms with Crippen molar-refractivity contribution >= 4 is 23.4 Å². The molecule has 1 N–H and O–H groups in total. The monoisotopic (exact) mass is 210 g/mol. The van der Waals surface area contributed by atoms with Gasteiger partial charge in [-0.3, -0.25) is 4.79 Å². The van der Waals surface area contributed by atoms with Gasteiger partial charge in [0, 0.05) is 11.1 Å². The van der Waals surface area contributed by atoms with Crippen molar-refractivity contribution in [3.63, 3.8) is 0 Å². The molecule has 0 amide bonds. The smallest absolute Gasteiger partial charge is 0.298 e. The minimum atomic E-state index is -1.67. The Morgan fingerprint density at radius 1 is 1.50 bits per heavy atom. The highest BCUT2D eigenvalue weighted by molar-refractivity contribution is 7.79. The Kier molecular flexibility index (Phi) is 2.38. The number of amidine groups is 1. The Balaban J connectivity index is 2.37. The molecular formula is C8H6N2O3S. The fourth-order valence-corrected chi connectivity index (χ4v) is 1.54. The first kappa shape index (κ1) is 9.04. The molecule has 1 heterocycles. The predicted octanol–water partition coefficient (Wildman–Crippen LogP) is 0.359. The van der Waals surface area contributed by atoms with Gasteiger partial charge >= 0.3 is 11.3 Å². The first-order valence-corrected chi connectivity index (χ1v) is 4.82. The van der Waals surface area contributed by atoms with E-state index in [4.69, 9.17) is 0 Å². The molecule has 1 atom stereocenters. The molecule has 0 aromatic heterocycles. The minimum Gasteiger partial charge on any atom is -0.298 e. The average Bonchev–Trinajstić information content (AvgIpc) is 2.65. The van der Waals surface area contributed by atoms with Gasteiger partial charge in [-0.1, -0.05) is 18.2 Å². The quantitative estimate of drug-likeness (QED) is 0.715. The van der Waals surface area contributed by atoms with Crippen LogP contribution >= 0.6 is 0 Å². The van der Waals surface area contributed by atoms with Gasteiger partial charge in [0.05, 0.1) is 0 Å². The van der Waals surface area contributed by atoms with Crippen LogP contribution in [0.4, 0.5) is 0 Å². The van der Waals surface area contributed by atoms with Crippen LogP contribution in [0.5, 0.6) is 0 Å². The third-order valence-electron chi connectivity index (χ3n) is 1.67. The van der Waals surface area contributed by atoms with E-state index >= 15 is 0 Å². The van der Waals surface area contributed by atoms with E-state index in [1.54, 1.807) is 24.3 Å². The second-order valence-corrected chi connectivity index (χ2v) is 3.37. The van der Waals surface area contributed by atoms with Gasteiger partial charge in [-0.15, -0.1) is 4.40 Å². The third-order valence-corrected chi connectivity index (χ3v) is 2.23. The van der Waals surface area contributed by atoms with E-state index < -0.39 is 11.3 Å². The molecule has 0 radical (unpaired) electrons. The fraction of sp³-hybridized carbons (Fsp3) is 0. The van der Waals surface area contributed by atoms with E-state index in [1.807, 2.05) is 0 Å². The first-order valence-electron chi connectivity index (χ1n) is 3.79. The summed E-state index contributed by atoms with van der Waals surface area (Å²) >= 11 is -1.67. The number of hydrogen-bond acceptors (Lipinski definition) is 4. The Bertz CT molecular complexity index is 430. The van der Waals surface area contributed by atoms with Crippen molar-refractivity contribution in [2.75, 3.05) is 0 Å². The van der Waals surface area contributed by atoms with E-state index in [9.17, 15) is 9.00 Å². The summed E-state index contributed by atoms with van der Waals surface area (Å²) in [7, 11) is 0. The van der Waals surface area contributed by atoms with Crippen LogP contribution in [0.3, 0.4) is 0 Å². The molecule has 1 aliphatic heterocycles. The van der Waals surface area contributed by atoms with Crippen molar-refractivity contribution < 1.29 is 13.3 Å². The van der Waals surface area contributed by atoms with Crippen LogP contribution in [0.15, 0.2) is 28.7 Å². The number of hydrogen-bond donors (Lipinski definition) is 1. The average molecular weight is 210 g/mol. The van der Waals surface area contributed by atoms with Crippen molar-refractivity contribution in [1.29, 1.82) is 0 Å². The number of carbonyl (C=O) groups is 1. The number of benzene rings is 1. The molecule has 1 aromatic rings. The van der Waals surface area contributed by atoms with Crippen molar-refractivity contribution in [2.24, 2.45) is 4.40 Å². The van der Waals surface area contributed by atoms with Crippen LogP contribution in [0, 0.1) is 0 Å². The molecule has 5 nitrogen and oxygen atoms in total. The second kappa shape index (κ2) is 3.69. The number of rotatable bonds is 2. The number of nitrogens with zero attached hydrogens (tertiary/aromatic N) is 1. The summed E-state index contributed by atoms with van der Waals surface area (Å²) in [5.41, 5.74) is 3.61. The van der Waals surface area contributed by atoms with Crippen LogP contribution < -0.4 is 5.48 Å². The zero-order chi connectivity index (χ0) is 9.97. The van der Waals surface area contributed by atoms with Crippen LogP contribution in [0.2, 0.25) is 0 Å². The summed E-state index contributed by atoms with van der Waals surface area (Å²) in [4.78, 5) is 10.5. The molecule has 0 bridgehead atoms. The van der Waals surface area contributed by atoms with Crippen LogP contribution in [-0.4, -0.2) is 16.3 Å². The third kappa shape index (κ3) is 1.70. The van der Waals surface area contributed by atoms with Crippen LogP contribution in [0.1, 0.15) is 15.9 Å². The highest BCUT2D eigenvalue weighted by Gasteiger charge is 2.14. The van der Waals surface area contributed by atoms with Gasteiger partial charge in [-0.2, -0.15) is 4.28 Å². The summed E-state index contributed by atoms with van der Waals surface area (Å²) < 4.78 is 18.9. The Hall–Kier alpha value is -1.53. The first-order chi connectivity index (χ1) is 6.79. The molecule has 14 heavy (non-hydrogen) atoms. The molecule has 0 saturated carbocycles. The SMILES string of the molecule is O=Cc1cccc(C2=NS(=O)ON2)c1. The van der Waals surface area contributed by atoms with E-state index in [2.05, 4.69) is 14.2 Å². The van der Waals surface area contributed by atoms with Gasteiger partial charge in [0.15, 0.2) is 5.84 Å². The molecule has 1 aliphatic rings. The molecule has 0 fully saturated rings. The molecule has 1 aromatic carbocycles. The zero-order valence-corrected chi connectivity index (χ0v) is 7.78. The fourth-order valence-electron chi connectivity index (χ4n) is 1.06. The summed E-state index contributed by atoms with van der Waals surface area (Å²) in [6.45, 7) is 0. The van der Waals surface area contributed by atoms with Crippen molar-refractivity contribution in [1.82, 2.24) is 5.48 Å². The summed E-state index contributed by atoms with van der Waals surface area (Å²) in [5.74, 6) is 0.368. The van der Waals surface area contributed by atoms with Gasteiger partial charge in [-0.05, 0) is 6.07 Å². The normalized spacial score (nSPS) is 20.0. The summed E-state index contributed by atoms with van der Waals surface area (Å²) in [6.07, 6.45) is 0.733. The molecule has 72 valence electrons. The van der Waals surface area contributed by atoms with Gasteiger partial charge in [0.1, 0.15) is 6.29 Å². The maximum Gasteiger partial charge on any atom is 0.309 e. The van der Waals surface area contributed by atoms with E-state index in [0.29, 0.717) is 17.0 Å². The van der Waals surface area contributed by atoms with E-state index in [0.717, 1.165) is 6.29 Å². The van der Waals surface area contributed by atoms with Gasteiger partial charge in [0.2, 0.25) is 0 Å². The number of nitrogens with one attached hydrogen (secondary N) is 1. The lowest BCUT2D eigenvalue weighted by molar-refractivity contribution is 0.112. The lowest BCUT2D eigenvalue weighted by Crippen LogP contribution is -2.17. The lowest BCUT2D eigenvalue weighted by Gasteiger charge is -1.99. The van der Waals surface area contributed by atoms with Gasteiger partial charge in [0.25, 0.3) is 0 Å². The molecule has 1 unspecified atom stereocenters. The van der Waals surface area contributed by atoms with Crippen molar-refractivity contribution in [3.05, 3.63) is 35.4 Å². The van der Waals surface area contributed by atoms with Crippen LogP contribution in [0.25, 0.3) is 0 Å². The largest absolute Gasteiger partial charge is 0.309 e. The molecule has 0 spiro atoms. The van der Waals surface area contributed by atoms with Crippen molar-refractivity contribution in [3.8, 4) is 0 Å². The highest BCUT2D eigenvalue weighted by Crippen LogP contribution is 2.08. The number of hydroxylamine groups is 1. The molecule has 2 rings (SSSR count). The summed E-state index contributed by atoms with van der Waals surface area (Å²) in [6, 6.07) is 6.75. The maximum absolute atomic E-state index is 10.8. The molecule has 0 aliphatic carbocycles. The topological polar surface area (TPSA) is 67.8 Å². The predicted molar refractivity (Wildman–Crippen MR) is 50.7 cm³/mol. The Morgan fingerprint density at radius 2 is 2.36 bits per heavy atom. The highest BCUT2D eigenvalue weighted by atomic mass is 32.2.